The van der Waals surface area contributed by atoms with E-state index in [1.54, 1.807) is 24.2 Å². The van der Waals surface area contributed by atoms with Gasteiger partial charge in [-0.25, -0.2) is 0 Å². The lowest BCUT2D eigenvalue weighted by molar-refractivity contribution is -0.131. The van der Waals surface area contributed by atoms with Crippen molar-refractivity contribution in [1.29, 1.82) is 0 Å². The van der Waals surface area contributed by atoms with E-state index in [-0.39, 0.29) is 11.8 Å². The zero-order chi connectivity index (χ0) is 20.8. The highest BCUT2D eigenvalue weighted by Crippen LogP contribution is 2.24. The van der Waals surface area contributed by atoms with Gasteiger partial charge in [0.15, 0.2) is 5.69 Å². The molecular weight excluding hydrogens is 386 g/mol. The van der Waals surface area contributed by atoms with Gasteiger partial charge in [0.1, 0.15) is 0 Å². The molecule has 8 heteroatoms. The quantitative estimate of drug-likeness (QED) is 0.717. The Balaban J connectivity index is 1.80. The Labute approximate surface area is 176 Å². The normalized spacial score (nSPS) is 13.4. The van der Waals surface area contributed by atoms with E-state index in [9.17, 15) is 9.59 Å². The number of fused-ring (bicyclic) bond motifs is 1. The summed E-state index contributed by atoms with van der Waals surface area (Å²) >= 11 is 1.67. The predicted molar refractivity (Wildman–Crippen MR) is 115 cm³/mol. The fraction of sp³-hybridized carbons (Fsp3) is 0.524. The zero-order valence-electron chi connectivity index (χ0n) is 17.4. The Kier molecular flexibility index (Phi) is 7.30. The van der Waals surface area contributed by atoms with Crippen molar-refractivity contribution in [3.05, 3.63) is 47.0 Å². The van der Waals surface area contributed by atoms with Crippen molar-refractivity contribution in [2.75, 3.05) is 18.6 Å². The number of pyridine rings is 1. The van der Waals surface area contributed by atoms with Gasteiger partial charge in [-0.15, -0.1) is 0 Å². The minimum atomic E-state index is -0.203. The highest BCUT2D eigenvalue weighted by molar-refractivity contribution is 7.98. The summed E-state index contributed by atoms with van der Waals surface area (Å²) in [6, 6.07) is 3.77. The molecule has 3 rings (SSSR count). The molecule has 1 aliphatic heterocycles. The van der Waals surface area contributed by atoms with Crippen LogP contribution < -0.4 is 5.32 Å². The molecule has 1 N–H and O–H groups in total. The van der Waals surface area contributed by atoms with E-state index in [0.717, 1.165) is 35.5 Å². The monoisotopic (exact) mass is 415 g/mol. The number of nitrogens with zero attached hydrogens (tertiary/aromatic N) is 4. The van der Waals surface area contributed by atoms with Crippen LogP contribution in [0.15, 0.2) is 24.5 Å². The summed E-state index contributed by atoms with van der Waals surface area (Å²) in [7, 11) is 0. The molecule has 0 spiro atoms. The van der Waals surface area contributed by atoms with Gasteiger partial charge in [0.25, 0.3) is 5.91 Å². The summed E-state index contributed by atoms with van der Waals surface area (Å²) in [5, 5.41) is 7.60. The average Bonchev–Trinajstić information content (AvgIpc) is 3.08. The molecule has 0 atom stereocenters. The second kappa shape index (κ2) is 9.91. The Hall–Kier alpha value is -2.35. The maximum atomic E-state index is 12.9. The second-order valence-corrected chi connectivity index (χ2v) is 8.69. The molecule has 0 aromatic carbocycles. The van der Waals surface area contributed by atoms with Gasteiger partial charge >= 0.3 is 0 Å². The number of carbonyl (C=O) groups excluding carboxylic acids is 2. The smallest absolute Gasteiger partial charge is 0.272 e. The average molecular weight is 416 g/mol. The summed E-state index contributed by atoms with van der Waals surface area (Å²) in [5.41, 5.74) is 3.34. The number of rotatable bonds is 8. The SMILES string of the molecule is CSCCC(=O)N1CCc2c(c(C(=O)NCc3cccnc3)nn2CC(C)C)C1. The van der Waals surface area contributed by atoms with E-state index < -0.39 is 0 Å². The van der Waals surface area contributed by atoms with E-state index in [1.807, 2.05) is 28.0 Å². The Morgan fingerprint density at radius 2 is 2.17 bits per heavy atom. The molecule has 1 aliphatic rings. The summed E-state index contributed by atoms with van der Waals surface area (Å²) in [6.45, 7) is 6.57. The van der Waals surface area contributed by atoms with Crippen LogP contribution in [0, 0.1) is 5.92 Å². The van der Waals surface area contributed by atoms with Crippen LogP contribution >= 0.6 is 11.8 Å². The van der Waals surface area contributed by atoms with Crippen LogP contribution in [0.2, 0.25) is 0 Å². The van der Waals surface area contributed by atoms with Crippen molar-refractivity contribution in [2.45, 2.75) is 46.3 Å². The number of hydrogen-bond donors (Lipinski definition) is 1. The fourth-order valence-corrected chi connectivity index (χ4v) is 3.88. The molecule has 2 aromatic rings. The first kappa shape index (κ1) is 21.4. The van der Waals surface area contributed by atoms with Crippen LogP contribution in [0.3, 0.4) is 0 Å². The van der Waals surface area contributed by atoms with Gasteiger partial charge in [0, 0.05) is 68.4 Å². The minimum absolute atomic E-state index is 0.142. The maximum Gasteiger partial charge on any atom is 0.272 e. The van der Waals surface area contributed by atoms with Crippen LogP contribution in [0.1, 0.15) is 47.6 Å². The lowest BCUT2D eigenvalue weighted by atomic mass is 10.0. The highest BCUT2D eigenvalue weighted by atomic mass is 32.2. The van der Waals surface area contributed by atoms with E-state index >= 15 is 0 Å². The molecular formula is C21H29N5O2S. The van der Waals surface area contributed by atoms with Gasteiger partial charge < -0.3 is 10.2 Å². The Bertz CT molecular complexity index is 850. The molecule has 0 fully saturated rings. The first-order chi connectivity index (χ1) is 14.0. The van der Waals surface area contributed by atoms with Gasteiger partial charge in [0.05, 0.1) is 0 Å². The summed E-state index contributed by atoms with van der Waals surface area (Å²) in [6.07, 6.45) is 6.70. The minimum Gasteiger partial charge on any atom is -0.346 e. The molecule has 0 bridgehead atoms. The molecule has 7 nitrogen and oxygen atoms in total. The largest absolute Gasteiger partial charge is 0.346 e. The molecule has 0 unspecified atom stereocenters. The van der Waals surface area contributed by atoms with Gasteiger partial charge in [-0.2, -0.15) is 16.9 Å². The van der Waals surface area contributed by atoms with Crippen LogP contribution in [-0.2, 0) is 30.8 Å². The summed E-state index contributed by atoms with van der Waals surface area (Å²) in [5.74, 6) is 1.17. The third-order valence-corrected chi connectivity index (χ3v) is 5.55. The molecule has 2 amide bonds. The Morgan fingerprint density at radius 1 is 1.34 bits per heavy atom. The standard InChI is InChI=1S/C21H29N5O2S/c1-15(2)13-26-18-6-9-25(19(27)7-10-29-3)14-17(18)20(24-26)21(28)23-12-16-5-4-8-22-11-16/h4-5,8,11,15H,6-7,9-10,12-14H2,1-3H3,(H,23,28). The Morgan fingerprint density at radius 3 is 2.86 bits per heavy atom. The van der Waals surface area contributed by atoms with Gasteiger partial charge in [-0.05, 0) is 23.8 Å². The van der Waals surface area contributed by atoms with Gasteiger partial charge in [-0.1, -0.05) is 19.9 Å². The molecule has 156 valence electrons. The number of amides is 2. The molecule has 2 aromatic heterocycles. The number of thioether (sulfide) groups is 1. The van der Waals surface area contributed by atoms with E-state index in [4.69, 9.17) is 0 Å². The number of nitrogens with one attached hydrogen (secondary N) is 1. The van der Waals surface area contributed by atoms with E-state index in [2.05, 4.69) is 29.2 Å². The topological polar surface area (TPSA) is 80.1 Å². The fourth-order valence-electron chi connectivity index (χ4n) is 3.50. The van der Waals surface area contributed by atoms with Crippen molar-refractivity contribution >= 4 is 23.6 Å². The first-order valence-electron chi connectivity index (χ1n) is 10.0. The van der Waals surface area contributed by atoms with Crippen LogP contribution in [-0.4, -0.2) is 50.0 Å². The third kappa shape index (κ3) is 5.38. The number of aromatic nitrogens is 3. The van der Waals surface area contributed by atoms with Crippen LogP contribution in [0.4, 0.5) is 0 Å². The predicted octanol–water partition coefficient (Wildman–Crippen LogP) is 2.50. The van der Waals surface area contributed by atoms with E-state index in [1.165, 1.54) is 0 Å². The summed E-state index contributed by atoms with van der Waals surface area (Å²) in [4.78, 5) is 31.4. The van der Waals surface area contributed by atoms with Crippen molar-refractivity contribution in [1.82, 2.24) is 25.0 Å². The van der Waals surface area contributed by atoms with Crippen molar-refractivity contribution in [2.24, 2.45) is 5.92 Å². The van der Waals surface area contributed by atoms with Gasteiger partial charge in [-0.3, -0.25) is 19.3 Å². The lowest BCUT2D eigenvalue weighted by Crippen LogP contribution is -2.37. The first-order valence-corrected chi connectivity index (χ1v) is 11.4. The number of carbonyl (C=O) groups is 2. The van der Waals surface area contributed by atoms with Crippen LogP contribution in [0.5, 0.6) is 0 Å². The van der Waals surface area contributed by atoms with Crippen molar-refractivity contribution < 1.29 is 9.59 Å². The van der Waals surface area contributed by atoms with Gasteiger partial charge in [0.2, 0.25) is 5.91 Å². The maximum absolute atomic E-state index is 12.9. The van der Waals surface area contributed by atoms with Crippen molar-refractivity contribution in [3.63, 3.8) is 0 Å². The molecule has 0 saturated heterocycles. The molecule has 3 heterocycles. The molecule has 0 saturated carbocycles. The third-order valence-electron chi connectivity index (χ3n) is 4.94. The molecule has 29 heavy (non-hydrogen) atoms. The summed E-state index contributed by atoms with van der Waals surface area (Å²) < 4.78 is 1.96. The molecule has 0 radical (unpaired) electrons. The zero-order valence-corrected chi connectivity index (χ0v) is 18.2. The molecule has 0 aliphatic carbocycles. The second-order valence-electron chi connectivity index (χ2n) is 7.70. The van der Waals surface area contributed by atoms with E-state index in [0.29, 0.717) is 37.7 Å². The highest BCUT2D eigenvalue weighted by Gasteiger charge is 2.30. The van der Waals surface area contributed by atoms with Crippen LogP contribution in [0.25, 0.3) is 0 Å². The number of hydrogen-bond acceptors (Lipinski definition) is 5. The van der Waals surface area contributed by atoms with Crippen molar-refractivity contribution in [3.8, 4) is 0 Å². The lowest BCUT2D eigenvalue weighted by Gasteiger charge is -2.28.